The smallest absolute Gasteiger partial charge is 0.132 e. The van der Waals surface area contributed by atoms with Crippen LogP contribution in [-0.2, 0) is 4.79 Å². The molecule has 0 aliphatic rings. The van der Waals surface area contributed by atoms with Gasteiger partial charge in [0.25, 0.3) is 0 Å². The van der Waals surface area contributed by atoms with Gasteiger partial charge in [0.05, 0.1) is 0 Å². The van der Waals surface area contributed by atoms with Crippen molar-refractivity contribution in [3.8, 4) is 0 Å². The summed E-state index contributed by atoms with van der Waals surface area (Å²) in [7, 11) is 2.20. The van der Waals surface area contributed by atoms with Crippen molar-refractivity contribution in [2.45, 2.75) is 71.8 Å². The molecular weight excluding hydrogens is 198 g/mol. The largest absolute Gasteiger partial charge is 0.304 e. The molecule has 0 spiro atoms. The number of carbonyl (C=O) groups is 1. The molecule has 96 valence electrons. The van der Waals surface area contributed by atoms with Crippen LogP contribution in [0, 0.1) is 0 Å². The number of nitrogens with zero attached hydrogens (tertiary/aromatic N) is 1. The third-order valence-corrected chi connectivity index (χ3v) is 3.45. The zero-order valence-corrected chi connectivity index (χ0v) is 11.6. The number of ketones is 1. The van der Waals surface area contributed by atoms with Gasteiger partial charge >= 0.3 is 0 Å². The molecule has 0 aliphatic heterocycles. The molecule has 1 atom stereocenters. The van der Waals surface area contributed by atoms with E-state index < -0.39 is 0 Å². The Morgan fingerprint density at radius 3 is 2.31 bits per heavy atom. The minimum atomic E-state index is 0.414. The molecule has 0 aromatic carbocycles. The lowest BCUT2D eigenvalue weighted by Crippen LogP contribution is -2.29. The minimum Gasteiger partial charge on any atom is -0.304 e. The van der Waals surface area contributed by atoms with E-state index in [-0.39, 0.29) is 0 Å². The summed E-state index contributed by atoms with van der Waals surface area (Å²) in [6.45, 7) is 7.65. The van der Waals surface area contributed by atoms with Gasteiger partial charge in [-0.25, -0.2) is 0 Å². The van der Waals surface area contributed by atoms with Crippen molar-refractivity contribution in [1.29, 1.82) is 0 Å². The molecule has 2 nitrogen and oxygen atoms in total. The van der Waals surface area contributed by atoms with Crippen molar-refractivity contribution in [2.24, 2.45) is 0 Å². The lowest BCUT2D eigenvalue weighted by molar-refractivity contribution is -0.118. The van der Waals surface area contributed by atoms with Crippen LogP contribution in [0.2, 0.25) is 0 Å². The van der Waals surface area contributed by atoms with Crippen LogP contribution in [0.3, 0.4) is 0 Å². The Morgan fingerprint density at radius 1 is 1.12 bits per heavy atom. The van der Waals surface area contributed by atoms with Crippen LogP contribution in [-0.4, -0.2) is 30.3 Å². The number of hydrogen-bond donors (Lipinski definition) is 0. The molecule has 1 unspecified atom stereocenters. The molecule has 0 saturated carbocycles. The maximum atomic E-state index is 11.1. The molecule has 0 heterocycles. The summed E-state index contributed by atoms with van der Waals surface area (Å²) in [5, 5.41) is 0. The minimum absolute atomic E-state index is 0.414. The molecule has 0 radical (unpaired) electrons. The molecule has 0 fully saturated rings. The molecular formula is C14H29NO. The van der Waals surface area contributed by atoms with Gasteiger partial charge in [0.1, 0.15) is 5.78 Å². The van der Waals surface area contributed by atoms with Crippen LogP contribution in [0.15, 0.2) is 0 Å². The Kier molecular flexibility index (Phi) is 9.60. The van der Waals surface area contributed by atoms with Crippen LogP contribution in [0.4, 0.5) is 0 Å². The summed E-state index contributed by atoms with van der Waals surface area (Å²) in [6.07, 6.45) is 7.54. The maximum absolute atomic E-state index is 11.1. The Bertz CT molecular complexity index is 180. The summed E-state index contributed by atoms with van der Waals surface area (Å²) >= 11 is 0. The number of Topliss-reactive ketones (excluding diaryl/α,β-unsaturated/α-hetero) is 1. The van der Waals surface area contributed by atoms with Gasteiger partial charge in [-0.2, -0.15) is 0 Å². The van der Waals surface area contributed by atoms with Crippen LogP contribution in [0.1, 0.15) is 65.7 Å². The van der Waals surface area contributed by atoms with Crippen LogP contribution >= 0.6 is 0 Å². The molecule has 0 bridgehead atoms. The lowest BCUT2D eigenvalue weighted by Gasteiger charge is -2.23. The van der Waals surface area contributed by atoms with Gasteiger partial charge in [0.15, 0.2) is 0 Å². The molecule has 0 rings (SSSR count). The van der Waals surface area contributed by atoms with E-state index in [4.69, 9.17) is 0 Å². The second-order valence-electron chi connectivity index (χ2n) is 4.79. The predicted molar refractivity (Wildman–Crippen MR) is 70.8 cm³/mol. The normalized spacial score (nSPS) is 13.1. The van der Waals surface area contributed by atoms with E-state index in [2.05, 4.69) is 25.8 Å². The number of carbonyl (C=O) groups excluding carboxylic acids is 1. The number of rotatable bonds is 10. The maximum Gasteiger partial charge on any atom is 0.132 e. The summed E-state index contributed by atoms with van der Waals surface area (Å²) in [5.74, 6) is 0.414. The fraction of sp³-hybridized carbons (Fsp3) is 0.929. The number of unbranched alkanes of at least 4 members (excludes halogenated alkanes) is 3. The van der Waals surface area contributed by atoms with Gasteiger partial charge in [0.2, 0.25) is 0 Å². The zero-order valence-electron chi connectivity index (χ0n) is 11.6. The van der Waals surface area contributed by atoms with Crippen molar-refractivity contribution < 1.29 is 4.79 Å². The average Bonchev–Trinajstić information content (AvgIpc) is 2.31. The highest BCUT2D eigenvalue weighted by atomic mass is 16.1. The second kappa shape index (κ2) is 9.83. The molecule has 0 N–H and O–H groups in total. The first-order valence-corrected chi connectivity index (χ1v) is 6.83. The summed E-state index contributed by atoms with van der Waals surface area (Å²) in [6, 6.07) is 0.696. The predicted octanol–water partition coefficient (Wildman–Crippen LogP) is 3.65. The first kappa shape index (κ1) is 15.6. The Morgan fingerprint density at radius 2 is 1.75 bits per heavy atom. The average molecular weight is 227 g/mol. The van der Waals surface area contributed by atoms with Crippen molar-refractivity contribution in [3.63, 3.8) is 0 Å². The number of hydrogen-bond acceptors (Lipinski definition) is 2. The van der Waals surface area contributed by atoms with Gasteiger partial charge in [0, 0.05) is 18.9 Å². The van der Waals surface area contributed by atoms with Crippen molar-refractivity contribution in [2.75, 3.05) is 13.6 Å². The van der Waals surface area contributed by atoms with E-state index in [1.165, 1.54) is 32.2 Å². The van der Waals surface area contributed by atoms with Crippen molar-refractivity contribution in [3.05, 3.63) is 0 Å². The van der Waals surface area contributed by atoms with Crippen molar-refractivity contribution in [1.82, 2.24) is 4.90 Å². The Hall–Kier alpha value is -0.370. The molecule has 0 amide bonds. The molecule has 16 heavy (non-hydrogen) atoms. The van der Waals surface area contributed by atoms with E-state index in [0.717, 1.165) is 12.8 Å². The van der Waals surface area contributed by atoms with Gasteiger partial charge in [-0.15, -0.1) is 0 Å². The second-order valence-corrected chi connectivity index (χ2v) is 4.79. The molecule has 0 aliphatic carbocycles. The van der Waals surface area contributed by atoms with Crippen LogP contribution < -0.4 is 0 Å². The summed E-state index contributed by atoms with van der Waals surface area (Å²) in [5.41, 5.74) is 0. The molecule has 0 aromatic heterocycles. The fourth-order valence-corrected chi connectivity index (χ4v) is 1.75. The highest BCUT2D eigenvalue weighted by Crippen LogP contribution is 2.07. The fourth-order valence-electron chi connectivity index (χ4n) is 1.75. The Balaban J connectivity index is 3.30. The van der Waals surface area contributed by atoms with Gasteiger partial charge < -0.3 is 4.90 Å². The molecule has 0 aromatic rings. The highest BCUT2D eigenvalue weighted by molar-refractivity contribution is 5.77. The Labute approximate surface area is 101 Å². The third-order valence-electron chi connectivity index (χ3n) is 3.45. The van der Waals surface area contributed by atoms with E-state index in [1.807, 2.05) is 6.92 Å². The highest BCUT2D eigenvalue weighted by Gasteiger charge is 2.05. The van der Waals surface area contributed by atoms with Crippen molar-refractivity contribution >= 4 is 5.78 Å². The molecule has 2 heteroatoms. The quantitative estimate of drug-likeness (QED) is 0.531. The standard InChI is InChI=1S/C14H29NO/c1-5-13(3)15(4)12-10-8-7-9-11-14(16)6-2/h13H,5-12H2,1-4H3. The van der Waals surface area contributed by atoms with E-state index >= 15 is 0 Å². The topological polar surface area (TPSA) is 20.3 Å². The van der Waals surface area contributed by atoms with E-state index in [1.54, 1.807) is 0 Å². The molecule has 0 saturated heterocycles. The van der Waals surface area contributed by atoms with Crippen LogP contribution in [0.5, 0.6) is 0 Å². The lowest BCUT2D eigenvalue weighted by atomic mass is 10.1. The summed E-state index contributed by atoms with van der Waals surface area (Å²) < 4.78 is 0. The van der Waals surface area contributed by atoms with Gasteiger partial charge in [-0.1, -0.05) is 26.7 Å². The summed E-state index contributed by atoms with van der Waals surface area (Å²) in [4.78, 5) is 13.5. The van der Waals surface area contributed by atoms with E-state index in [9.17, 15) is 4.79 Å². The van der Waals surface area contributed by atoms with Crippen LogP contribution in [0.25, 0.3) is 0 Å². The van der Waals surface area contributed by atoms with Gasteiger partial charge in [-0.3, -0.25) is 4.79 Å². The third kappa shape index (κ3) is 7.86. The first-order valence-electron chi connectivity index (χ1n) is 6.83. The van der Waals surface area contributed by atoms with E-state index in [0.29, 0.717) is 18.2 Å². The monoisotopic (exact) mass is 227 g/mol. The first-order chi connectivity index (χ1) is 7.61. The van der Waals surface area contributed by atoms with Gasteiger partial charge in [-0.05, 0) is 39.8 Å². The zero-order chi connectivity index (χ0) is 12.4. The SMILES string of the molecule is CCC(=O)CCCCCCN(C)C(C)CC.